The molecule has 1 fully saturated rings. The Labute approximate surface area is 133 Å². The first-order valence-corrected chi connectivity index (χ1v) is 7.53. The second-order valence-corrected chi connectivity index (χ2v) is 6.43. The molecule has 0 aromatic heterocycles. The second kappa shape index (κ2) is 6.24. The number of nitrogens with zero attached hydrogens (tertiary/aromatic N) is 1. The minimum atomic E-state index is -0.851. The van der Waals surface area contributed by atoms with Crippen LogP contribution in [0.4, 0.5) is 0 Å². The molecule has 1 saturated heterocycles. The topological polar surface area (TPSA) is 57.6 Å². The fourth-order valence-corrected chi connectivity index (χ4v) is 2.90. The molecule has 21 heavy (non-hydrogen) atoms. The van der Waals surface area contributed by atoms with Gasteiger partial charge < -0.3 is 10.0 Å². The summed E-state index contributed by atoms with van der Waals surface area (Å²) in [4.78, 5) is 25.0. The van der Waals surface area contributed by atoms with Gasteiger partial charge in [0.1, 0.15) is 0 Å². The van der Waals surface area contributed by atoms with Gasteiger partial charge in [-0.05, 0) is 31.4 Å². The molecule has 0 aliphatic carbocycles. The van der Waals surface area contributed by atoms with Gasteiger partial charge in [0.15, 0.2) is 0 Å². The summed E-state index contributed by atoms with van der Waals surface area (Å²) in [6.07, 6.45) is 1.29. The summed E-state index contributed by atoms with van der Waals surface area (Å²) in [5.74, 6) is -0.897. The zero-order valence-electron chi connectivity index (χ0n) is 11.7. The Morgan fingerprint density at radius 1 is 1.38 bits per heavy atom. The van der Waals surface area contributed by atoms with E-state index in [1.807, 2.05) is 6.07 Å². The molecule has 0 bridgehead atoms. The third kappa shape index (κ3) is 3.50. The van der Waals surface area contributed by atoms with Crippen molar-refractivity contribution in [2.75, 3.05) is 13.1 Å². The number of hydrogen-bond donors (Lipinski definition) is 1. The summed E-state index contributed by atoms with van der Waals surface area (Å²) in [6, 6.07) is 5.34. The number of likely N-dealkylation sites (tertiary alicyclic amines) is 1. The van der Waals surface area contributed by atoms with Crippen molar-refractivity contribution >= 4 is 35.1 Å². The Balaban J connectivity index is 1.94. The van der Waals surface area contributed by atoms with Gasteiger partial charge in [-0.15, -0.1) is 0 Å². The Morgan fingerprint density at radius 2 is 2.10 bits per heavy atom. The lowest BCUT2D eigenvalue weighted by molar-refractivity contribution is -0.147. The fraction of sp³-hybridized carbons (Fsp3) is 0.467. The van der Waals surface area contributed by atoms with E-state index >= 15 is 0 Å². The molecule has 0 spiro atoms. The maximum absolute atomic E-state index is 12.2. The van der Waals surface area contributed by atoms with Crippen molar-refractivity contribution < 1.29 is 14.7 Å². The highest BCUT2D eigenvalue weighted by Gasteiger charge is 2.41. The summed E-state index contributed by atoms with van der Waals surface area (Å²) in [5, 5.41) is 10.1. The molecule has 0 unspecified atom stereocenters. The highest BCUT2D eigenvalue weighted by Crippen LogP contribution is 2.31. The van der Waals surface area contributed by atoms with Crippen molar-refractivity contribution in [2.24, 2.45) is 5.41 Å². The van der Waals surface area contributed by atoms with Crippen molar-refractivity contribution in [1.29, 1.82) is 0 Å². The molecule has 1 aliphatic rings. The second-order valence-electron chi connectivity index (χ2n) is 5.64. The lowest BCUT2D eigenvalue weighted by Gasteiger charge is -2.20. The summed E-state index contributed by atoms with van der Waals surface area (Å²) in [5.41, 5.74) is 0.00121. The SMILES string of the molecule is C[C@@]1(C(=O)O)CCN(C(=O)CCc2cccc(Cl)c2Cl)C1. The molecule has 1 aromatic carbocycles. The summed E-state index contributed by atoms with van der Waals surface area (Å²) in [6.45, 7) is 2.44. The minimum absolute atomic E-state index is 0.0454. The lowest BCUT2D eigenvalue weighted by Crippen LogP contribution is -2.34. The van der Waals surface area contributed by atoms with Crippen LogP contribution in [0.5, 0.6) is 0 Å². The Bertz CT molecular complexity index is 576. The zero-order chi connectivity index (χ0) is 15.6. The average Bonchev–Trinajstić information content (AvgIpc) is 2.84. The largest absolute Gasteiger partial charge is 0.481 e. The predicted octanol–water partition coefficient (Wildman–Crippen LogP) is 3.25. The molecule has 1 N–H and O–H groups in total. The number of benzene rings is 1. The first kappa shape index (κ1) is 16.1. The number of carboxylic acid groups (broad SMARTS) is 1. The molecular formula is C15H17Cl2NO3. The molecule has 1 heterocycles. The number of halogens is 2. The molecule has 1 atom stereocenters. The van der Waals surface area contributed by atoms with E-state index in [0.29, 0.717) is 35.9 Å². The number of amides is 1. The van der Waals surface area contributed by atoms with Gasteiger partial charge in [-0.1, -0.05) is 35.3 Å². The zero-order valence-corrected chi connectivity index (χ0v) is 13.2. The van der Waals surface area contributed by atoms with Gasteiger partial charge in [-0.2, -0.15) is 0 Å². The summed E-state index contributed by atoms with van der Waals surface area (Å²) < 4.78 is 0. The van der Waals surface area contributed by atoms with Gasteiger partial charge in [-0.3, -0.25) is 9.59 Å². The Kier molecular flexibility index (Phi) is 4.79. The van der Waals surface area contributed by atoms with E-state index in [2.05, 4.69) is 0 Å². The van der Waals surface area contributed by atoms with Crippen molar-refractivity contribution in [3.05, 3.63) is 33.8 Å². The number of hydrogen-bond acceptors (Lipinski definition) is 2. The van der Waals surface area contributed by atoms with Gasteiger partial charge in [-0.25, -0.2) is 0 Å². The fourth-order valence-electron chi connectivity index (χ4n) is 2.49. The van der Waals surface area contributed by atoms with Gasteiger partial charge in [0, 0.05) is 19.5 Å². The molecule has 4 nitrogen and oxygen atoms in total. The van der Waals surface area contributed by atoms with Crippen LogP contribution in [-0.2, 0) is 16.0 Å². The first-order valence-electron chi connectivity index (χ1n) is 6.77. The molecule has 1 amide bonds. The van der Waals surface area contributed by atoms with Gasteiger partial charge in [0.2, 0.25) is 5.91 Å². The van der Waals surface area contributed by atoms with E-state index in [-0.39, 0.29) is 12.5 Å². The van der Waals surface area contributed by atoms with E-state index in [1.54, 1.807) is 24.0 Å². The number of carbonyl (C=O) groups is 2. The number of rotatable bonds is 4. The van der Waals surface area contributed by atoms with Gasteiger partial charge >= 0.3 is 5.97 Å². The van der Waals surface area contributed by atoms with E-state index in [9.17, 15) is 14.7 Å². The molecule has 0 saturated carbocycles. The van der Waals surface area contributed by atoms with E-state index in [1.165, 1.54) is 0 Å². The number of aryl methyl sites for hydroxylation is 1. The van der Waals surface area contributed by atoms with Crippen molar-refractivity contribution in [3.8, 4) is 0 Å². The first-order chi connectivity index (χ1) is 9.83. The molecule has 1 aliphatic heterocycles. The highest BCUT2D eigenvalue weighted by atomic mass is 35.5. The van der Waals surface area contributed by atoms with Crippen molar-refractivity contribution in [2.45, 2.75) is 26.2 Å². The Morgan fingerprint density at radius 3 is 2.71 bits per heavy atom. The number of carboxylic acids is 1. The Hall–Kier alpha value is -1.26. The van der Waals surface area contributed by atoms with Crippen molar-refractivity contribution in [1.82, 2.24) is 4.90 Å². The maximum atomic E-state index is 12.2. The smallest absolute Gasteiger partial charge is 0.311 e. The maximum Gasteiger partial charge on any atom is 0.311 e. The molecule has 114 valence electrons. The van der Waals surface area contributed by atoms with Crippen molar-refractivity contribution in [3.63, 3.8) is 0 Å². The molecule has 6 heteroatoms. The van der Waals surface area contributed by atoms with Crippen LogP contribution < -0.4 is 0 Å². The average molecular weight is 330 g/mol. The van der Waals surface area contributed by atoms with Crippen LogP contribution >= 0.6 is 23.2 Å². The molecule has 2 rings (SSSR count). The van der Waals surface area contributed by atoms with E-state index < -0.39 is 11.4 Å². The van der Waals surface area contributed by atoms with Crippen LogP contribution in [-0.4, -0.2) is 35.0 Å². The van der Waals surface area contributed by atoms with E-state index in [0.717, 1.165) is 5.56 Å². The van der Waals surface area contributed by atoms with Crippen LogP contribution in [0.1, 0.15) is 25.3 Å². The standard InChI is InChI=1S/C15H17Cl2NO3/c1-15(14(20)21)7-8-18(9-15)12(19)6-5-10-3-2-4-11(16)13(10)17/h2-4H,5-9H2,1H3,(H,20,21)/t15-/m1/s1. The van der Waals surface area contributed by atoms with Crippen LogP contribution in [0, 0.1) is 5.41 Å². The summed E-state index contributed by atoms with van der Waals surface area (Å²) >= 11 is 12.0. The number of carbonyl (C=O) groups excluding carboxylic acids is 1. The highest BCUT2D eigenvalue weighted by molar-refractivity contribution is 6.42. The monoisotopic (exact) mass is 329 g/mol. The molecule has 1 aromatic rings. The van der Waals surface area contributed by atoms with Crippen LogP contribution in [0.25, 0.3) is 0 Å². The van der Waals surface area contributed by atoms with Crippen LogP contribution in [0.3, 0.4) is 0 Å². The lowest BCUT2D eigenvalue weighted by atomic mass is 9.90. The molecule has 0 radical (unpaired) electrons. The van der Waals surface area contributed by atoms with E-state index in [4.69, 9.17) is 23.2 Å². The molecular weight excluding hydrogens is 313 g/mol. The number of aliphatic carboxylic acids is 1. The summed E-state index contributed by atoms with van der Waals surface area (Å²) in [7, 11) is 0. The normalized spacial score (nSPS) is 21.6. The quantitative estimate of drug-likeness (QED) is 0.922. The third-order valence-electron chi connectivity index (χ3n) is 3.98. The van der Waals surface area contributed by atoms with Gasteiger partial charge in [0.25, 0.3) is 0 Å². The van der Waals surface area contributed by atoms with Crippen LogP contribution in [0.2, 0.25) is 10.0 Å². The predicted molar refractivity (Wildman–Crippen MR) is 81.7 cm³/mol. The minimum Gasteiger partial charge on any atom is -0.481 e. The third-order valence-corrected chi connectivity index (χ3v) is 4.84. The van der Waals surface area contributed by atoms with Crippen LogP contribution in [0.15, 0.2) is 18.2 Å². The van der Waals surface area contributed by atoms with Gasteiger partial charge in [0.05, 0.1) is 15.5 Å².